The van der Waals surface area contributed by atoms with Gasteiger partial charge in [-0.25, -0.2) is 4.98 Å². The molecule has 7 nitrogen and oxygen atoms in total. The van der Waals surface area contributed by atoms with Crippen LogP contribution in [-0.2, 0) is 0 Å². The SMILES string of the molecule is Cc1ccc(SOc2ccc(NC(=O)c3cccc(-c4ccc(NN)c(N)n4)c3)cc2)cc1. The monoisotopic (exact) mass is 457 g/mol. The highest BCUT2D eigenvalue weighted by molar-refractivity contribution is 7.95. The van der Waals surface area contributed by atoms with E-state index in [0.717, 1.165) is 10.5 Å². The maximum atomic E-state index is 12.8. The molecule has 1 aromatic heterocycles. The summed E-state index contributed by atoms with van der Waals surface area (Å²) >= 11 is 1.29. The Morgan fingerprint density at radius 2 is 1.73 bits per heavy atom. The highest BCUT2D eigenvalue weighted by atomic mass is 32.2. The lowest BCUT2D eigenvalue weighted by Crippen LogP contribution is -2.12. The largest absolute Gasteiger partial charge is 0.421 e. The lowest BCUT2D eigenvalue weighted by atomic mass is 10.1. The topological polar surface area (TPSA) is 115 Å². The number of hydrogen-bond acceptors (Lipinski definition) is 7. The van der Waals surface area contributed by atoms with Gasteiger partial charge in [-0.1, -0.05) is 29.8 Å². The van der Waals surface area contributed by atoms with E-state index < -0.39 is 0 Å². The van der Waals surface area contributed by atoms with Crippen LogP contribution in [0.5, 0.6) is 5.75 Å². The molecule has 4 aromatic rings. The van der Waals surface area contributed by atoms with Gasteiger partial charge in [0.05, 0.1) is 23.4 Å². The first-order valence-electron chi connectivity index (χ1n) is 10.2. The predicted molar refractivity (Wildman–Crippen MR) is 134 cm³/mol. The van der Waals surface area contributed by atoms with Crippen molar-refractivity contribution >= 4 is 35.1 Å². The molecule has 4 rings (SSSR count). The Morgan fingerprint density at radius 3 is 2.42 bits per heavy atom. The van der Waals surface area contributed by atoms with Crippen LogP contribution in [0.25, 0.3) is 11.3 Å². The number of aromatic nitrogens is 1. The number of nitrogens with two attached hydrogens (primary N) is 2. The number of amides is 1. The lowest BCUT2D eigenvalue weighted by Gasteiger charge is -2.10. The highest BCUT2D eigenvalue weighted by Crippen LogP contribution is 2.26. The molecule has 0 atom stereocenters. The third kappa shape index (κ3) is 5.62. The summed E-state index contributed by atoms with van der Waals surface area (Å²) in [5, 5.41) is 2.90. The van der Waals surface area contributed by atoms with Crippen LogP contribution >= 0.6 is 12.0 Å². The van der Waals surface area contributed by atoms with Crippen molar-refractivity contribution in [2.75, 3.05) is 16.5 Å². The summed E-state index contributed by atoms with van der Waals surface area (Å²) in [6, 6.07) is 26.0. The molecule has 33 heavy (non-hydrogen) atoms. The van der Waals surface area contributed by atoms with Gasteiger partial charge in [-0.15, -0.1) is 0 Å². The first kappa shape index (κ1) is 22.2. The molecule has 0 fully saturated rings. The second kappa shape index (κ2) is 10.1. The summed E-state index contributed by atoms with van der Waals surface area (Å²) in [6.07, 6.45) is 0. The maximum Gasteiger partial charge on any atom is 0.255 e. The number of rotatable bonds is 7. The van der Waals surface area contributed by atoms with Crippen molar-refractivity contribution < 1.29 is 8.98 Å². The van der Waals surface area contributed by atoms with Crippen LogP contribution in [0, 0.1) is 6.92 Å². The minimum atomic E-state index is -0.229. The third-order valence-electron chi connectivity index (χ3n) is 4.87. The lowest BCUT2D eigenvalue weighted by molar-refractivity contribution is 0.102. The van der Waals surface area contributed by atoms with E-state index in [1.807, 2.05) is 49.4 Å². The molecule has 0 saturated carbocycles. The number of benzene rings is 3. The number of carbonyl (C=O) groups is 1. The highest BCUT2D eigenvalue weighted by Gasteiger charge is 2.10. The molecule has 0 aliphatic heterocycles. The van der Waals surface area contributed by atoms with Crippen LogP contribution in [0.15, 0.2) is 89.8 Å². The number of hydrazine groups is 1. The zero-order valence-corrected chi connectivity index (χ0v) is 18.7. The number of aryl methyl sites for hydroxylation is 1. The molecule has 0 aliphatic carbocycles. The molecular formula is C25H23N5O2S. The van der Waals surface area contributed by atoms with Crippen LogP contribution in [0.1, 0.15) is 15.9 Å². The molecule has 1 amide bonds. The summed E-state index contributed by atoms with van der Waals surface area (Å²) in [7, 11) is 0. The molecule has 0 aliphatic rings. The number of hydrogen-bond donors (Lipinski definition) is 4. The van der Waals surface area contributed by atoms with Crippen LogP contribution in [0.2, 0.25) is 0 Å². The van der Waals surface area contributed by atoms with E-state index in [1.165, 1.54) is 17.6 Å². The summed E-state index contributed by atoms with van der Waals surface area (Å²) in [4.78, 5) is 18.1. The third-order valence-corrected chi connectivity index (χ3v) is 5.61. The number of carbonyl (C=O) groups excluding carboxylic acids is 1. The van der Waals surface area contributed by atoms with E-state index in [2.05, 4.69) is 15.7 Å². The van der Waals surface area contributed by atoms with Crippen molar-refractivity contribution in [2.45, 2.75) is 11.8 Å². The summed E-state index contributed by atoms with van der Waals surface area (Å²) in [5.74, 6) is 6.15. The number of pyridine rings is 1. The van der Waals surface area contributed by atoms with Gasteiger partial charge in [-0.3, -0.25) is 10.6 Å². The average Bonchev–Trinajstić information content (AvgIpc) is 2.84. The fourth-order valence-corrected chi connectivity index (χ4v) is 3.62. The van der Waals surface area contributed by atoms with Crippen molar-refractivity contribution in [3.05, 3.63) is 96.1 Å². The molecule has 0 unspecified atom stereocenters. The van der Waals surface area contributed by atoms with E-state index in [1.54, 1.807) is 42.5 Å². The Hall–Kier alpha value is -4.01. The fraction of sp³-hybridized carbons (Fsp3) is 0.0400. The second-order valence-corrected chi connectivity index (χ2v) is 8.12. The van der Waals surface area contributed by atoms with E-state index in [9.17, 15) is 4.79 Å². The minimum Gasteiger partial charge on any atom is -0.421 e. The van der Waals surface area contributed by atoms with Gasteiger partial charge in [-0.2, -0.15) is 0 Å². The van der Waals surface area contributed by atoms with Gasteiger partial charge in [0.1, 0.15) is 11.6 Å². The molecule has 0 bridgehead atoms. The van der Waals surface area contributed by atoms with Gasteiger partial charge in [0.15, 0.2) is 0 Å². The number of nitrogens with one attached hydrogen (secondary N) is 2. The second-order valence-electron chi connectivity index (χ2n) is 7.31. The molecule has 3 aromatic carbocycles. The van der Waals surface area contributed by atoms with Crippen LogP contribution < -0.4 is 26.5 Å². The minimum absolute atomic E-state index is 0.229. The number of nitrogens with zero attached hydrogens (tertiary/aromatic N) is 1. The molecule has 8 heteroatoms. The number of anilines is 3. The van der Waals surface area contributed by atoms with Gasteiger partial charge in [0.25, 0.3) is 5.91 Å². The molecule has 0 saturated heterocycles. The smallest absolute Gasteiger partial charge is 0.255 e. The van der Waals surface area contributed by atoms with E-state index in [4.69, 9.17) is 15.8 Å². The van der Waals surface area contributed by atoms with Gasteiger partial charge in [0, 0.05) is 21.7 Å². The van der Waals surface area contributed by atoms with E-state index in [-0.39, 0.29) is 11.7 Å². The van der Waals surface area contributed by atoms with Crippen molar-refractivity contribution in [2.24, 2.45) is 5.84 Å². The van der Waals surface area contributed by atoms with Crippen molar-refractivity contribution in [3.63, 3.8) is 0 Å². The molecule has 166 valence electrons. The standard InChI is InChI=1S/C25H23N5O2S/c1-16-5-11-21(12-6-16)33-32-20-9-7-19(8-10-20)28-25(31)18-4-2-3-17(15-18)22-13-14-23(30-27)24(26)29-22/h2-15,30H,27H2,1H3,(H2,26,29)(H,28,31). The van der Waals surface area contributed by atoms with Gasteiger partial charge in [-0.05, 0) is 67.6 Å². The van der Waals surface area contributed by atoms with Crippen LogP contribution in [0.4, 0.5) is 17.2 Å². The van der Waals surface area contributed by atoms with Gasteiger partial charge in [0.2, 0.25) is 0 Å². The van der Waals surface area contributed by atoms with Crippen LogP contribution in [0.3, 0.4) is 0 Å². The van der Waals surface area contributed by atoms with Crippen molar-refractivity contribution in [3.8, 4) is 17.0 Å². The zero-order valence-electron chi connectivity index (χ0n) is 17.9. The van der Waals surface area contributed by atoms with Crippen LogP contribution in [-0.4, -0.2) is 10.9 Å². The van der Waals surface area contributed by atoms with E-state index in [0.29, 0.717) is 28.4 Å². The Balaban J connectivity index is 1.40. The Kier molecular flexibility index (Phi) is 6.77. The van der Waals surface area contributed by atoms with Gasteiger partial charge < -0.3 is 20.7 Å². The molecule has 0 spiro atoms. The number of nitrogen functional groups attached to an aromatic ring is 2. The first-order chi connectivity index (χ1) is 16.0. The Labute approximate surface area is 196 Å². The first-order valence-corrected chi connectivity index (χ1v) is 10.9. The zero-order chi connectivity index (χ0) is 23.2. The molecule has 0 radical (unpaired) electrons. The normalized spacial score (nSPS) is 10.5. The summed E-state index contributed by atoms with van der Waals surface area (Å²) in [6.45, 7) is 2.04. The fourth-order valence-electron chi connectivity index (χ4n) is 3.06. The maximum absolute atomic E-state index is 12.8. The predicted octanol–water partition coefficient (Wildman–Crippen LogP) is 5.26. The Bertz CT molecular complexity index is 1260. The van der Waals surface area contributed by atoms with Crippen molar-refractivity contribution in [1.29, 1.82) is 0 Å². The van der Waals surface area contributed by atoms with Gasteiger partial charge >= 0.3 is 0 Å². The van der Waals surface area contributed by atoms with Crippen molar-refractivity contribution in [1.82, 2.24) is 4.98 Å². The average molecular weight is 458 g/mol. The van der Waals surface area contributed by atoms with E-state index >= 15 is 0 Å². The molecule has 1 heterocycles. The Morgan fingerprint density at radius 1 is 0.970 bits per heavy atom. The summed E-state index contributed by atoms with van der Waals surface area (Å²) < 4.78 is 5.74. The summed E-state index contributed by atoms with van der Waals surface area (Å²) in [5.41, 5.74) is 12.7. The molecular weight excluding hydrogens is 434 g/mol. The molecule has 6 N–H and O–H groups in total. The quantitative estimate of drug-likeness (QED) is 0.170.